The molecule has 0 aliphatic heterocycles. The number of aryl methyl sites for hydroxylation is 1. The van der Waals surface area contributed by atoms with Gasteiger partial charge in [0.05, 0.1) is 34.6 Å². The Balaban J connectivity index is 0.00000176. The Bertz CT molecular complexity index is 933. The van der Waals surface area contributed by atoms with Crippen LogP contribution in [0, 0.1) is 13.8 Å². The summed E-state index contributed by atoms with van der Waals surface area (Å²) in [5.74, 6) is 0. The molecule has 3 rings (SSSR count). The van der Waals surface area contributed by atoms with Crippen LogP contribution < -0.4 is 51.4 Å². The molecule has 3 aromatic rings. The number of hydrogen-bond acceptors (Lipinski definition) is 7. The summed E-state index contributed by atoms with van der Waals surface area (Å²) in [6.45, 7) is 3.43. The van der Waals surface area contributed by atoms with Crippen molar-refractivity contribution in [3.05, 3.63) is 35.2 Å². The number of fused-ring (bicyclic) bond motifs is 1. The predicted octanol–water partition coefficient (Wildman–Crippen LogP) is -1.54. The van der Waals surface area contributed by atoms with Gasteiger partial charge in [-0.2, -0.15) is 13.8 Å². The van der Waals surface area contributed by atoms with Gasteiger partial charge >= 0.3 is 51.4 Å². The fourth-order valence-corrected chi connectivity index (χ4v) is 3.79. The molecule has 22 heavy (non-hydrogen) atoms. The van der Waals surface area contributed by atoms with E-state index in [0.29, 0.717) is 12.2 Å². The van der Waals surface area contributed by atoms with E-state index in [1.165, 1.54) is 11.6 Å². The average Bonchev–Trinajstić information content (AvgIpc) is 2.94. The summed E-state index contributed by atoms with van der Waals surface area (Å²) in [4.78, 5) is -0.244. The van der Waals surface area contributed by atoms with Crippen LogP contribution in [0.3, 0.4) is 0 Å². The summed E-state index contributed by atoms with van der Waals surface area (Å²) < 4.78 is 43.7. The minimum absolute atomic E-state index is 0. The molecule has 0 aliphatic rings. The first-order chi connectivity index (χ1) is 9.88. The second-order valence-electron chi connectivity index (χ2n) is 4.66. The van der Waals surface area contributed by atoms with Crippen LogP contribution in [0.15, 0.2) is 23.1 Å². The third-order valence-corrected chi connectivity index (χ3v) is 4.89. The first-order valence-corrected chi connectivity index (χ1v) is 8.22. The molecule has 0 N–H and O–H groups in total. The SMILES string of the molecule is Cc1nn(Cc2cccc3nsnc23)c(C)c1S(=O)(=O)[O-].[K+]. The van der Waals surface area contributed by atoms with Gasteiger partial charge < -0.3 is 4.55 Å². The summed E-state index contributed by atoms with van der Waals surface area (Å²) in [6, 6.07) is 5.60. The quantitative estimate of drug-likeness (QED) is 0.413. The molecule has 2 aromatic heterocycles. The molecule has 0 aliphatic carbocycles. The van der Waals surface area contributed by atoms with Gasteiger partial charge in [0.15, 0.2) is 0 Å². The monoisotopic (exact) mass is 362 g/mol. The van der Waals surface area contributed by atoms with Crippen molar-refractivity contribution < 1.29 is 64.4 Å². The van der Waals surface area contributed by atoms with Crippen LogP contribution in [0.25, 0.3) is 11.0 Å². The first kappa shape index (κ1) is 18.1. The van der Waals surface area contributed by atoms with Gasteiger partial charge in [-0.15, -0.1) is 0 Å². The number of hydrogen-bond donors (Lipinski definition) is 0. The number of nitrogens with zero attached hydrogens (tertiary/aromatic N) is 4. The fourth-order valence-electron chi connectivity index (χ4n) is 2.35. The van der Waals surface area contributed by atoms with Crippen LogP contribution in [0.2, 0.25) is 0 Å². The Labute approximate surface area is 174 Å². The zero-order chi connectivity index (χ0) is 15.2. The van der Waals surface area contributed by atoms with Crippen LogP contribution in [-0.2, 0) is 16.7 Å². The molecule has 1 aromatic carbocycles. The third-order valence-electron chi connectivity index (χ3n) is 3.25. The standard InChI is InChI=1S/C12H12N4O3S2.K/c1-7-12(21(17,18)19)8(2)16(13-7)6-9-4-3-5-10-11(9)15-20-14-10;/h3-5H,6H2,1-2H3,(H,17,18,19);/q;+1/p-1. The Kier molecular flexibility index (Phi) is 5.55. The maximum atomic E-state index is 11.3. The maximum absolute atomic E-state index is 11.3. The largest absolute Gasteiger partial charge is 1.00 e. The molecular weight excluding hydrogens is 351 g/mol. The van der Waals surface area contributed by atoms with Crippen LogP contribution in [0.5, 0.6) is 0 Å². The minimum atomic E-state index is -4.53. The predicted molar refractivity (Wildman–Crippen MR) is 76.2 cm³/mol. The van der Waals surface area contributed by atoms with Gasteiger partial charge in [0.2, 0.25) is 0 Å². The molecule has 10 heteroatoms. The van der Waals surface area contributed by atoms with E-state index in [-0.39, 0.29) is 62.0 Å². The van der Waals surface area contributed by atoms with Gasteiger partial charge in [0, 0.05) is 5.56 Å². The molecule has 0 atom stereocenters. The Morgan fingerprint density at radius 2 is 2.00 bits per heavy atom. The third kappa shape index (κ3) is 3.33. The topological polar surface area (TPSA) is 101 Å². The summed E-state index contributed by atoms with van der Waals surface area (Å²) in [5.41, 5.74) is 2.98. The van der Waals surface area contributed by atoms with Crippen molar-refractivity contribution in [1.82, 2.24) is 18.5 Å². The molecule has 0 spiro atoms. The molecule has 0 radical (unpaired) electrons. The van der Waals surface area contributed by atoms with Gasteiger partial charge in [0.25, 0.3) is 0 Å². The van der Waals surface area contributed by atoms with E-state index in [9.17, 15) is 13.0 Å². The maximum Gasteiger partial charge on any atom is 1.00 e. The van der Waals surface area contributed by atoms with Crippen molar-refractivity contribution in [2.75, 3.05) is 0 Å². The second kappa shape index (κ2) is 6.73. The molecular formula is C12H11KN4O3S2. The average molecular weight is 362 g/mol. The summed E-state index contributed by atoms with van der Waals surface area (Å²) in [6.07, 6.45) is 0. The summed E-state index contributed by atoms with van der Waals surface area (Å²) in [5, 5.41) is 4.16. The van der Waals surface area contributed by atoms with Gasteiger partial charge in [-0.1, -0.05) is 12.1 Å². The Morgan fingerprint density at radius 3 is 2.64 bits per heavy atom. The number of aromatic nitrogens is 4. The molecule has 0 bridgehead atoms. The molecule has 0 fully saturated rings. The van der Waals surface area contributed by atoms with Crippen LogP contribution in [-0.4, -0.2) is 31.5 Å². The van der Waals surface area contributed by atoms with E-state index in [1.54, 1.807) is 6.92 Å². The van der Waals surface area contributed by atoms with Crippen molar-refractivity contribution in [2.45, 2.75) is 25.3 Å². The van der Waals surface area contributed by atoms with E-state index in [1.807, 2.05) is 18.2 Å². The summed E-state index contributed by atoms with van der Waals surface area (Å²) in [7, 11) is -4.53. The van der Waals surface area contributed by atoms with Gasteiger partial charge in [-0.05, 0) is 19.9 Å². The molecule has 0 saturated carbocycles. The van der Waals surface area contributed by atoms with Crippen molar-refractivity contribution >= 4 is 32.9 Å². The molecule has 7 nitrogen and oxygen atoms in total. The zero-order valence-electron chi connectivity index (χ0n) is 12.3. The summed E-state index contributed by atoms with van der Waals surface area (Å²) >= 11 is 1.12. The van der Waals surface area contributed by atoms with Crippen molar-refractivity contribution in [1.29, 1.82) is 0 Å². The number of benzene rings is 1. The Morgan fingerprint density at radius 1 is 1.27 bits per heavy atom. The van der Waals surface area contributed by atoms with E-state index >= 15 is 0 Å². The first-order valence-electron chi connectivity index (χ1n) is 6.08. The van der Waals surface area contributed by atoms with Crippen molar-refractivity contribution in [3.63, 3.8) is 0 Å². The molecule has 0 unspecified atom stereocenters. The van der Waals surface area contributed by atoms with Crippen molar-refractivity contribution in [2.24, 2.45) is 0 Å². The molecule has 0 saturated heterocycles. The fraction of sp³-hybridized carbons (Fsp3) is 0.250. The van der Waals surface area contributed by atoms with E-state index in [4.69, 9.17) is 0 Å². The molecule has 110 valence electrons. The zero-order valence-corrected chi connectivity index (χ0v) is 17.0. The van der Waals surface area contributed by atoms with Crippen molar-refractivity contribution in [3.8, 4) is 0 Å². The van der Waals surface area contributed by atoms with Gasteiger partial charge in [-0.3, -0.25) is 4.68 Å². The van der Waals surface area contributed by atoms with Crippen LogP contribution in [0.4, 0.5) is 0 Å². The normalized spacial score (nSPS) is 11.6. The Hall–Kier alpha value is -0.204. The smallest absolute Gasteiger partial charge is 0.744 e. The van der Waals surface area contributed by atoms with E-state index < -0.39 is 10.1 Å². The molecule has 2 heterocycles. The minimum Gasteiger partial charge on any atom is -0.744 e. The number of rotatable bonds is 3. The van der Waals surface area contributed by atoms with Gasteiger partial charge in [0.1, 0.15) is 21.2 Å². The van der Waals surface area contributed by atoms with E-state index in [2.05, 4.69) is 13.8 Å². The second-order valence-corrected chi connectivity index (χ2v) is 6.51. The van der Waals surface area contributed by atoms with Crippen LogP contribution in [0.1, 0.15) is 17.0 Å². The van der Waals surface area contributed by atoms with Crippen LogP contribution >= 0.6 is 11.7 Å². The van der Waals surface area contributed by atoms with E-state index in [0.717, 1.165) is 28.3 Å². The van der Waals surface area contributed by atoms with Gasteiger partial charge in [-0.25, -0.2) is 8.42 Å². The molecule has 0 amide bonds.